The minimum Gasteiger partial charge on any atom is -0.323 e. The number of anilines is 4. The summed E-state index contributed by atoms with van der Waals surface area (Å²) in [5.41, 5.74) is 14.2. The second kappa shape index (κ2) is 22.9. The lowest BCUT2D eigenvalue weighted by Crippen LogP contribution is -2.00. The molecule has 2 N–H and O–H groups in total. The maximum absolute atomic E-state index is 4.76. The number of nitrogens with one attached hydrogen (secondary N) is 2. The van der Waals surface area contributed by atoms with Crippen molar-refractivity contribution in [1.29, 1.82) is 0 Å². The molecule has 0 spiro atoms. The van der Waals surface area contributed by atoms with Crippen molar-refractivity contribution in [3.05, 3.63) is 181 Å². The van der Waals surface area contributed by atoms with E-state index >= 15 is 0 Å². The van der Waals surface area contributed by atoms with Crippen molar-refractivity contribution in [1.82, 2.24) is 84.6 Å². The molecular formula is C57H52BrN19. The zero-order chi connectivity index (χ0) is 53.4. The van der Waals surface area contributed by atoms with Gasteiger partial charge >= 0.3 is 0 Å². The van der Waals surface area contributed by atoms with Crippen molar-refractivity contribution in [3.63, 3.8) is 0 Å². The predicted octanol–water partition coefficient (Wildman–Crippen LogP) is 11.7. The Kier molecular flexibility index (Phi) is 15.2. The first-order chi connectivity index (χ1) is 37.4. The molecule has 12 aromatic heterocycles. The minimum atomic E-state index is 0.371. The van der Waals surface area contributed by atoms with Crippen LogP contribution in [-0.4, -0.2) is 84.6 Å². The van der Waals surface area contributed by atoms with E-state index in [1.165, 1.54) is 0 Å². The molecule has 0 aliphatic carbocycles. The van der Waals surface area contributed by atoms with Crippen LogP contribution in [0.15, 0.2) is 169 Å². The molecule has 0 aromatic carbocycles. The van der Waals surface area contributed by atoms with Crippen molar-refractivity contribution in [3.8, 4) is 56.5 Å². The maximum Gasteiger partial charge on any atom is 0.154 e. The molecule has 382 valence electrons. The highest BCUT2D eigenvalue weighted by Crippen LogP contribution is 2.32. The molecule has 0 saturated heterocycles. The van der Waals surface area contributed by atoms with Crippen LogP contribution < -0.4 is 10.6 Å². The van der Waals surface area contributed by atoms with E-state index in [-0.39, 0.29) is 0 Å². The van der Waals surface area contributed by atoms with Crippen molar-refractivity contribution in [2.45, 2.75) is 39.5 Å². The highest BCUT2D eigenvalue weighted by Gasteiger charge is 2.16. The number of nitrogens with zero attached hydrogens (tertiary/aromatic N) is 17. The Morgan fingerprint density at radius 3 is 1.48 bits per heavy atom. The zero-order valence-corrected chi connectivity index (χ0v) is 44.8. The van der Waals surface area contributed by atoms with Gasteiger partial charge in [0.15, 0.2) is 11.6 Å². The summed E-state index contributed by atoms with van der Waals surface area (Å²) in [7, 11) is 5.70. The van der Waals surface area contributed by atoms with E-state index in [1.54, 1.807) is 40.3 Å². The Morgan fingerprint density at radius 2 is 0.961 bits per heavy atom. The van der Waals surface area contributed by atoms with Gasteiger partial charge in [-0.05, 0) is 130 Å². The molecule has 0 amide bonds. The molecule has 12 rings (SSSR count). The van der Waals surface area contributed by atoms with Gasteiger partial charge in [-0.1, -0.05) is 45.9 Å². The first kappa shape index (κ1) is 50.9. The Bertz CT molecular complexity index is 3950. The number of aromatic nitrogens is 17. The van der Waals surface area contributed by atoms with Crippen LogP contribution in [-0.2, 0) is 21.1 Å². The fourth-order valence-corrected chi connectivity index (χ4v) is 8.70. The molecule has 12 aromatic rings. The smallest absolute Gasteiger partial charge is 0.154 e. The topological polar surface area (TPSA) is 219 Å². The molecule has 0 unspecified atom stereocenters. The first-order valence-electron chi connectivity index (χ1n) is 24.7. The molecule has 0 bridgehead atoms. The number of aryl methyl sites for hydroxylation is 3. The summed E-state index contributed by atoms with van der Waals surface area (Å²) in [6, 6.07) is 35.1. The lowest BCUT2D eigenvalue weighted by atomic mass is 10.1. The van der Waals surface area contributed by atoms with Gasteiger partial charge in [0.05, 0.1) is 61.7 Å². The normalized spacial score (nSPS) is 11.1. The third kappa shape index (κ3) is 12.2. The Balaban J connectivity index is 0.000000142. The monoisotopic (exact) mass is 1080 g/mol. The zero-order valence-electron chi connectivity index (χ0n) is 43.2. The first-order valence-corrected chi connectivity index (χ1v) is 25.4. The fraction of sp³-hybridized carbons (Fsp3) is 0.158. The van der Waals surface area contributed by atoms with Gasteiger partial charge in [0.2, 0.25) is 0 Å². The van der Waals surface area contributed by atoms with Crippen LogP contribution in [0.25, 0.3) is 78.6 Å². The summed E-state index contributed by atoms with van der Waals surface area (Å²) >= 11 is 3.43. The molecular weight excluding hydrogens is 1030 g/mol. The molecule has 0 radical (unpaired) electrons. The fourth-order valence-electron chi connectivity index (χ4n) is 8.12. The number of fused-ring (bicyclic) bond motifs is 2. The van der Waals surface area contributed by atoms with Gasteiger partial charge < -0.3 is 10.6 Å². The SMILES string of the molecule is CC(C)c1cnnc(Nc2ccc3ncc(-c4cc(-c5ccccn5)nn4C)cc3n2)c1.CC(C)c1cnnc(Nc2ccc3ncc(-c4cn(C)nc4-c4ccccn4)cc3n2)c1.Cn1cc(Br)c(-c2ccccn2)n1. The lowest BCUT2D eigenvalue weighted by Gasteiger charge is -2.09. The van der Waals surface area contributed by atoms with E-state index in [9.17, 15) is 0 Å². The van der Waals surface area contributed by atoms with Crippen LogP contribution in [0.5, 0.6) is 0 Å². The van der Waals surface area contributed by atoms with E-state index in [2.05, 4.69) is 115 Å². The Hall–Kier alpha value is -9.56. The largest absolute Gasteiger partial charge is 0.323 e. The van der Waals surface area contributed by atoms with Crippen molar-refractivity contribution < 1.29 is 0 Å². The molecule has 0 atom stereocenters. The lowest BCUT2D eigenvalue weighted by molar-refractivity contribution is 0.769. The Morgan fingerprint density at radius 1 is 0.455 bits per heavy atom. The summed E-state index contributed by atoms with van der Waals surface area (Å²) in [6.07, 6.45) is 16.4. The average Bonchev–Trinajstić information content (AvgIpc) is 4.16. The molecule has 20 heteroatoms. The highest BCUT2D eigenvalue weighted by atomic mass is 79.9. The molecule has 19 nitrogen and oxygen atoms in total. The summed E-state index contributed by atoms with van der Waals surface area (Å²) in [6.45, 7) is 8.50. The number of hydrogen-bond acceptors (Lipinski definition) is 16. The molecule has 12 heterocycles. The molecule has 0 fully saturated rings. The van der Waals surface area contributed by atoms with Gasteiger partial charge in [0, 0.05) is 81.2 Å². The molecule has 0 aliphatic rings. The van der Waals surface area contributed by atoms with Crippen LogP contribution in [0.3, 0.4) is 0 Å². The van der Waals surface area contributed by atoms with Crippen molar-refractivity contribution >= 4 is 61.3 Å². The van der Waals surface area contributed by atoms with E-state index in [0.717, 1.165) is 94.2 Å². The van der Waals surface area contributed by atoms with Gasteiger partial charge in [0.1, 0.15) is 28.7 Å². The van der Waals surface area contributed by atoms with Crippen molar-refractivity contribution in [2.24, 2.45) is 21.1 Å². The van der Waals surface area contributed by atoms with Gasteiger partial charge in [-0.15, -0.1) is 10.2 Å². The quantitative estimate of drug-likeness (QED) is 0.123. The van der Waals surface area contributed by atoms with Crippen LogP contribution >= 0.6 is 15.9 Å². The molecule has 0 saturated carbocycles. The predicted molar refractivity (Wildman–Crippen MR) is 303 cm³/mol. The van der Waals surface area contributed by atoms with Gasteiger partial charge in [0.25, 0.3) is 0 Å². The molecule has 0 aliphatic heterocycles. The van der Waals surface area contributed by atoms with Gasteiger partial charge in [-0.2, -0.15) is 25.5 Å². The van der Waals surface area contributed by atoms with Crippen LogP contribution in [0.1, 0.15) is 50.7 Å². The average molecular weight is 1080 g/mol. The van der Waals surface area contributed by atoms with Crippen LogP contribution in [0.2, 0.25) is 0 Å². The van der Waals surface area contributed by atoms with Crippen LogP contribution in [0.4, 0.5) is 23.3 Å². The van der Waals surface area contributed by atoms with Crippen LogP contribution in [0, 0.1) is 0 Å². The van der Waals surface area contributed by atoms with E-state index in [1.807, 2.05) is 160 Å². The number of rotatable bonds is 11. The standard InChI is InChI=1S/2C24H22N8.C9H8BrN3/c1-15(2)16-11-24(30-27-14-16)29-23-8-7-19-20(28-23)10-17(13-26-19)22-12-21(31-32(22)3)18-6-4-5-9-25-18;1-15(2)16-11-23(30-27-13-16)29-22-8-7-19-21(28-22)10-17(12-26-19)18-14-32(3)31-24(18)20-6-4-5-9-25-20;1-13-6-7(10)9(12-13)8-4-2-3-5-11-8/h2*4-15H,1-3H3,(H,28,29,30);2-6H,1H3. The van der Waals surface area contributed by atoms with E-state index in [4.69, 9.17) is 9.97 Å². The summed E-state index contributed by atoms with van der Waals surface area (Å²) < 4.78 is 6.35. The molecule has 77 heavy (non-hydrogen) atoms. The maximum atomic E-state index is 4.76. The number of halogens is 1. The van der Waals surface area contributed by atoms with E-state index in [0.29, 0.717) is 35.1 Å². The van der Waals surface area contributed by atoms with Gasteiger partial charge in [-0.25, -0.2) is 9.97 Å². The summed E-state index contributed by atoms with van der Waals surface area (Å²) in [5, 5.41) is 36.5. The third-order valence-electron chi connectivity index (χ3n) is 12.1. The van der Waals surface area contributed by atoms with Gasteiger partial charge in [-0.3, -0.25) is 39.0 Å². The van der Waals surface area contributed by atoms with E-state index < -0.39 is 0 Å². The Labute approximate surface area is 452 Å². The third-order valence-corrected chi connectivity index (χ3v) is 12.7. The number of hydrogen-bond donors (Lipinski definition) is 2. The second-order valence-corrected chi connectivity index (χ2v) is 19.3. The highest BCUT2D eigenvalue weighted by molar-refractivity contribution is 9.10. The minimum absolute atomic E-state index is 0.371. The second-order valence-electron chi connectivity index (χ2n) is 18.5. The van der Waals surface area contributed by atoms with Crippen molar-refractivity contribution in [2.75, 3.05) is 10.6 Å². The number of pyridine rings is 7. The summed E-state index contributed by atoms with van der Waals surface area (Å²) in [5.74, 6) is 3.44. The summed E-state index contributed by atoms with van der Waals surface area (Å²) in [4.78, 5) is 31.8.